The molecule has 1 saturated carbocycles. The number of benzene rings is 1. The lowest BCUT2D eigenvalue weighted by atomic mass is 9.56. The Balaban J connectivity index is 1.79. The highest BCUT2D eigenvalue weighted by Crippen LogP contribution is 2.55. The molecule has 1 aliphatic carbocycles. The predicted molar refractivity (Wildman–Crippen MR) is 112 cm³/mol. The molecule has 0 radical (unpaired) electrons. The first-order valence-electron chi connectivity index (χ1n) is 10.7. The number of hydrogen-bond acceptors (Lipinski definition) is 6. The molecule has 162 valence electrons. The minimum atomic E-state index is -0.803. The number of aromatic amines is 1. The third-order valence-electron chi connectivity index (χ3n) is 7.69. The molecule has 6 rings (SSSR count). The van der Waals surface area contributed by atoms with Crippen molar-refractivity contribution in [1.82, 2.24) is 9.88 Å². The van der Waals surface area contributed by atoms with Crippen LogP contribution in [0.25, 0.3) is 10.9 Å². The highest BCUT2D eigenvalue weighted by atomic mass is 16.5. The van der Waals surface area contributed by atoms with Gasteiger partial charge in [-0.3, -0.25) is 9.69 Å². The van der Waals surface area contributed by atoms with E-state index in [2.05, 4.69) is 9.88 Å². The van der Waals surface area contributed by atoms with Crippen molar-refractivity contribution in [3.8, 4) is 11.5 Å². The number of methoxy groups -OCH3 is 3. The predicted octanol–water partition coefficient (Wildman–Crippen LogP) is 2.24. The maximum Gasteiger partial charge on any atom is 0.319 e. The molecule has 7 heteroatoms. The molecule has 0 spiro atoms. The fourth-order valence-electron chi connectivity index (χ4n) is 6.61. The lowest BCUT2D eigenvalue weighted by Gasteiger charge is -2.58. The number of nitrogens with zero attached hydrogens (tertiary/aromatic N) is 1. The summed E-state index contributed by atoms with van der Waals surface area (Å²) in [4.78, 5) is 19.5. The van der Waals surface area contributed by atoms with E-state index in [0.717, 1.165) is 54.5 Å². The van der Waals surface area contributed by atoms with E-state index in [1.54, 1.807) is 14.2 Å². The molecule has 4 aliphatic rings. The average molecular weight is 415 g/mol. The summed E-state index contributed by atoms with van der Waals surface area (Å²) in [6.07, 6.45) is 2.06. The van der Waals surface area contributed by atoms with Gasteiger partial charge in [-0.25, -0.2) is 0 Å². The third kappa shape index (κ3) is 2.48. The second-order valence-corrected chi connectivity index (χ2v) is 9.09. The third-order valence-corrected chi connectivity index (χ3v) is 7.69. The molecule has 3 fully saturated rings. The van der Waals surface area contributed by atoms with Crippen molar-refractivity contribution in [3.05, 3.63) is 23.4 Å². The summed E-state index contributed by atoms with van der Waals surface area (Å²) in [5.41, 5.74) is 2.23. The first-order chi connectivity index (χ1) is 14.4. The molecule has 1 aromatic carbocycles. The molecule has 2 aromatic rings. The van der Waals surface area contributed by atoms with Crippen LogP contribution >= 0.6 is 0 Å². The standard InChI is InChI=1S/C23H30N2O5/c1-12(26)15-7-13-10-23(22(27)30-4)20-14(5-6-25(11-13)21(15)23)16-8-18(28-2)19(29-3)9-17(16)24-20/h8-9,12-13,15,21,24,26H,5-7,10-11H2,1-4H3/t12-,13+,15+,21-,23+/m1/s1. The van der Waals surface area contributed by atoms with Gasteiger partial charge in [-0.1, -0.05) is 0 Å². The molecule has 2 N–H and O–H groups in total. The number of carbonyl (C=O) groups excluding carboxylic acids is 1. The normalized spacial score (nSPS) is 33.0. The van der Waals surface area contributed by atoms with Crippen LogP contribution in [0.4, 0.5) is 0 Å². The minimum absolute atomic E-state index is 0.0398. The first kappa shape index (κ1) is 19.7. The number of rotatable bonds is 4. The number of piperidine rings is 2. The molecule has 7 nitrogen and oxygen atoms in total. The fraction of sp³-hybridized carbons (Fsp3) is 0.609. The summed E-state index contributed by atoms with van der Waals surface area (Å²) in [5, 5.41) is 11.7. The van der Waals surface area contributed by atoms with Gasteiger partial charge >= 0.3 is 5.97 Å². The van der Waals surface area contributed by atoms with Gasteiger partial charge in [0.1, 0.15) is 5.41 Å². The van der Waals surface area contributed by atoms with E-state index >= 15 is 0 Å². The van der Waals surface area contributed by atoms with Gasteiger partial charge < -0.3 is 24.3 Å². The molecule has 2 saturated heterocycles. The summed E-state index contributed by atoms with van der Waals surface area (Å²) >= 11 is 0. The number of aromatic nitrogens is 1. The van der Waals surface area contributed by atoms with Crippen LogP contribution in [-0.2, 0) is 21.4 Å². The number of aliphatic hydroxyl groups excluding tert-OH is 1. The van der Waals surface area contributed by atoms with E-state index in [-0.39, 0.29) is 17.9 Å². The molecule has 3 aliphatic heterocycles. The van der Waals surface area contributed by atoms with Gasteiger partial charge in [0.2, 0.25) is 0 Å². The van der Waals surface area contributed by atoms with Crippen molar-refractivity contribution in [2.45, 2.75) is 43.7 Å². The lowest BCUT2D eigenvalue weighted by Crippen LogP contribution is -2.68. The average Bonchev–Trinajstić information content (AvgIpc) is 3.08. The van der Waals surface area contributed by atoms with Gasteiger partial charge in [0, 0.05) is 47.7 Å². The van der Waals surface area contributed by atoms with Crippen molar-refractivity contribution >= 4 is 16.9 Å². The van der Waals surface area contributed by atoms with E-state index in [0.29, 0.717) is 17.4 Å². The number of aliphatic hydroxyl groups is 1. The van der Waals surface area contributed by atoms with Crippen LogP contribution in [-0.4, -0.2) is 67.5 Å². The zero-order valence-corrected chi connectivity index (χ0v) is 18.0. The number of esters is 1. The van der Waals surface area contributed by atoms with Crippen LogP contribution < -0.4 is 9.47 Å². The SMILES string of the molecule is COC(=O)[C@]12C[C@@H]3C[C@@H]([C@@H](C)O)[C@H]1N(CCc1c2[nH]c2cc(OC)c(OC)cc12)C3. The lowest BCUT2D eigenvalue weighted by molar-refractivity contribution is -0.166. The molecule has 4 bridgehead atoms. The largest absolute Gasteiger partial charge is 0.493 e. The maximum atomic E-state index is 13.5. The second-order valence-electron chi connectivity index (χ2n) is 9.09. The Morgan fingerprint density at radius 2 is 2.00 bits per heavy atom. The number of hydrogen-bond donors (Lipinski definition) is 2. The zero-order chi connectivity index (χ0) is 21.2. The van der Waals surface area contributed by atoms with E-state index in [1.807, 2.05) is 19.1 Å². The summed E-state index contributed by atoms with van der Waals surface area (Å²) in [7, 11) is 4.73. The van der Waals surface area contributed by atoms with Gasteiger partial charge in [0.15, 0.2) is 11.5 Å². The highest BCUT2D eigenvalue weighted by molar-refractivity contribution is 5.93. The van der Waals surface area contributed by atoms with Gasteiger partial charge in [-0.15, -0.1) is 0 Å². The monoisotopic (exact) mass is 414 g/mol. The van der Waals surface area contributed by atoms with E-state index < -0.39 is 11.5 Å². The maximum absolute atomic E-state index is 13.5. The number of carbonyl (C=O) groups is 1. The topological polar surface area (TPSA) is 84.0 Å². The van der Waals surface area contributed by atoms with Crippen LogP contribution in [0.1, 0.15) is 31.0 Å². The highest BCUT2D eigenvalue weighted by Gasteiger charge is 2.63. The van der Waals surface area contributed by atoms with E-state index in [9.17, 15) is 9.90 Å². The van der Waals surface area contributed by atoms with Crippen LogP contribution in [0, 0.1) is 11.8 Å². The quantitative estimate of drug-likeness (QED) is 0.747. The first-order valence-corrected chi connectivity index (χ1v) is 10.7. The molecule has 4 heterocycles. The summed E-state index contributed by atoms with van der Waals surface area (Å²) in [5.74, 6) is 1.52. The summed E-state index contributed by atoms with van der Waals surface area (Å²) < 4.78 is 16.5. The van der Waals surface area contributed by atoms with E-state index in [1.165, 1.54) is 7.11 Å². The summed E-state index contributed by atoms with van der Waals surface area (Å²) in [6, 6.07) is 3.87. The Kier molecular flexibility index (Phi) is 4.52. The van der Waals surface area contributed by atoms with Gasteiger partial charge in [0.25, 0.3) is 0 Å². The Hall–Kier alpha value is -2.25. The van der Waals surface area contributed by atoms with Crippen LogP contribution in [0.2, 0.25) is 0 Å². The van der Waals surface area contributed by atoms with Gasteiger partial charge in [-0.05, 0) is 43.7 Å². The van der Waals surface area contributed by atoms with Gasteiger partial charge in [-0.2, -0.15) is 0 Å². The second kappa shape index (κ2) is 6.89. The van der Waals surface area contributed by atoms with Gasteiger partial charge in [0.05, 0.1) is 27.4 Å². The van der Waals surface area contributed by atoms with Crippen molar-refractivity contribution in [3.63, 3.8) is 0 Å². The molecule has 6 atom stereocenters. The molecule has 1 aromatic heterocycles. The van der Waals surface area contributed by atoms with Crippen LogP contribution in [0.5, 0.6) is 11.5 Å². The molecular weight excluding hydrogens is 384 g/mol. The fourth-order valence-corrected chi connectivity index (χ4v) is 6.61. The number of fused-ring (bicyclic) bond motifs is 4. The Bertz CT molecular complexity index is 999. The Morgan fingerprint density at radius 3 is 2.67 bits per heavy atom. The number of nitrogens with one attached hydrogen (secondary N) is 1. The van der Waals surface area contributed by atoms with Crippen LogP contribution in [0.15, 0.2) is 12.1 Å². The van der Waals surface area contributed by atoms with Crippen LogP contribution in [0.3, 0.4) is 0 Å². The van der Waals surface area contributed by atoms with Crippen molar-refractivity contribution in [2.24, 2.45) is 11.8 Å². The smallest absolute Gasteiger partial charge is 0.319 e. The summed E-state index contributed by atoms with van der Waals surface area (Å²) in [6.45, 7) is 3.69. The molecule has 1 unspecified atom stereocenters. The van der Waals surface area contributed by atoms with Crippen molar-refractivity contribution < 1.29 is 24.1 Å². The van der Waals surface area contributed by atoms with Crippen molar-refractivity contribution in [1.29, 1.82) is 0 Å². The number of ether oxygens (including phenoxy) is 3. The van der Waals surface area contributed by atoms with Crippen molar-refractivity contribution in [2.75, 3.05) is 34.4 Å². The molecular formula is C23H30N2O5. The molecule has 30 heavy (non-hydrogen) atoms. The Labute approximate surface area is 176 Å². The molecule has 0 amide bonds. The minimum Gasteiger partial charge on any atom is -0.493 e. The zero-order valence-electron chi connectivity index (χ0n) is 18.0. The Morgan fingerprint density at radius 1 is 1.27 bits per heavy atom. The van der Waals surface area contributed by atoms with E-state index in [4.69, 9.17) is 14.2 Å². The number of H-pyrrole nitrogens is 1.